The first-order valence-corrected chi connectivity index (χ1v) is 11.6. The zero-order valence-electron chi connectivity index (χ0n) is 17.3. The molecule has 0 spiro atoms. The number of carbonyl (C=O) groups excluding carboxylic acids is 1. The molecule has 4 N–H and O–H groups in total. The first kappa shape index (κ1) is 22.6. The van der Waals surface area contributed by atoms with Gasteiger partial charge < -0.3 is 15.6 Å². The molecule has 6 nitrogen and oxygen atoms in total. The van der Waals surface area contributed by atoms with Crippen molar-refractivity contribution in [2.24, 2.45) is 17.6 Å². The van der Waals surface area contributed by atoms with E-state index in [2.05, 4.69) is 34.3 Å². The van der Waals surface area contributed by atoms with Crippen molar-refractivity contribution >= 4 is 17.2 Å². The zero-order chi connectivity index (χ0) is 21.6. The molecule has 1 aliphatic rings. The van der Waals surface area contributed by atoms with E-state index in [-0.39, 0.29) is 24.3 Å². The van der Waals surface area contributed by atoms with E-state index in [4.69, 9.17) is 5.73 Å². The summed E-state index contributed by atoms with van der Waals surface area (Å²) >= 11 is -2.46. The van der Waals surface area contributed by atoms with Gasteiger partial charge in [-0.15, -0.1) is 0 Å². The van der Waals surface area contributed by atoms with Crippen LogP contribution in [0.3, 0.4) is 0 Å². The van der Waals surface area contributed by atoms with Crippen LogP contribution < -0.4 is 15.8 Å². The smallest absolute Gasteiger partial charge is 0.223 e. The fourth-order valence-electron chi connectivity index (χ4n) is 4.72. The number of nitrogens with two attached hydrogens (primary N) is 1. The van der Waals surface area contributed by atoms with Gasteiger partial charge in [0.25, 0.3) is 0 Å². The fourth-order valence-corrected chi connectivity index (χ4v) is 5.38. The largest absolute Gasteiger partial charge is 0.760 e. The summed E-state index contributed by atoms with van der Waals surface area (Å²) in [4.78, 5) is 12.8. The van der Waals surface area contributed by atoms with Gasteiger partial charge in [0.1, 0.15) is 0 Å². The topological polar surface area (TPSA) is 107 Å². The van der Waals surface area contributed by atoms with Gasteiger partial charge in [0.2, 0.25) is 5.91 Å². The van der Waals surface area contributed by atoms with Crippen LogP contribution in [0.2, 0.25) is 0 Å². The molecule has 162 valence electrons. The number of benzene rings is 2. The van der Waals surface area contributed by atoms with E-state index in [9.17, 15) is 13.6 Å². The molecule has 30 heavy (non-hydrogen) atoms. The lowest BCUT2D eigenvalue weighted by atomic mass is 9.64. The maximum atomic E-state index is 12.8. The molecule has 0 saturated heterocycles. The van der Waals surface area contributed by atoms with Crippen LogP contribution in [-0.2, 0) is 22.5 Å². The number of amides is 1. The summed E-state index contributed by atoms with van der Waals surface area (Å²) < 4.78 is 25.9. The second-order valence-electron chi connectivity index (χ2n) is 7.97. The number of nitrogens with one attached hydrogen (secondary N) is 2. The predicted molar refractivity (Wildman–Crippen MR) is 119 cm³/mol. The van der Waals surface area contributed by atoms with Crippen molar-refractivity contribution in [3.05, 3.63) is 60.2 Å². The molecular weight excluding hydrogens is 398 g/mol. The Kier molecular flexibility index (Phi) is 7.77. The van der Waals surface area contributed by atoms with Crippen molar-refractivity contribution in [1.82, 2.24) is 10.0 Å². The summed E-state index contributed by atoms with van der Waals surface area (Å²) in [7, 11) is 0. The molecule has 4 atom stereocenters. The van der Waals surface area contributed by atoms with Crippen LogP contribution in [0.5, 0.6) is 0 Å². The predicted octanol–water partition coefficient (Wildman–Crippen LogP) is 2.53. The quantitative estimate of drug-likeness (QED) is 0.562. The summed E-state index contributed by atoms with van der Waals surface area (Å²) in [5.41, 5.74) is 8.57. The van der Waals surface area contributed by atoms with Crippen LogP contribution in [0.1, 0.15) is 31.7 Å². The Morgan fingerprint density at radius 2 is 1.93 bits per heavy atom. The van der Waals surface area contributed by atoms with Crippen LogP contribution in [0.4, 0.5) is 0 Å². The van der Waals surface area contributed by atoms with Gasteiger partial charge >= 0.3 is 0 Å². The Bertz CT molecular complexity index is 877. The third-order valence-corrected chi connectivity index (χ3v) is 6.74. The minimum Gasteiger partial charge on any atom is -0.760 e. The van der Waals surface area contributed by atoms with Gasteiger partial charge in [0.15, 0.2) is 0 Å². The zero-order valence-corrected chi connectivity index (χ0v) is 18.1. The maximum Gasteiger partial charge on any atom is 0.223 e. The summed E-state index contributed by atoms with van der Waals surface area (Å²) in [5, 5.41) is 2.92. The van der Waals surface area contributed by atoms with Crippen LogP contribution in [0, 0.1) is 11.8 Å². The molecule has 1 saturated carbocycles. The molecule has 1 amide bonds. The fraction of sp³-hybridized carbons (Fsp3) is 0.435. The average molecular weight is 429 g/mol. The summed E-state index contributed by atoms with van der Waals surface area (Å²) in [6.07, 6.45) is 2.67. The molecular formula is C23H30N3O3S-. The van der Waals surface area contributed by atoms with Crippen molar-refractivity contribution in [2.45, 2.75) is 38.1 Å². The Morgan fingerprint density at radius 1 is 1.20 bits per heavy atom. The highest BCUT2D eigenvalue weighted by molar-refractivity contribution is 7.77. The van der Waals surface area contributed by atoms with Gasteiger partial charge in [-0.25, -0.2) is 4.72 Å². The molecule has 4 unspecified atom stereocenters. The Morgan fingerprint density at radius 3 is 2.60 bits per heavy atom. The van der Waals surface area contributed by atoms with Crippen molar-refractivity contribution in [3.8, 4) is 11.1 Å². The molecule has 2 aromatic carbocycles. The normalized spacial score (nSPS) is 24.9. The van der Waals surface area contributed by atoms with E-state index in [0.29, 0.717) is 19.4 Å². The van der Waals surface area contributed by atoms with Gasteiger partial charge in [0.05, 0.1) is 0 Å². The second-order valence-corrected chi connectivity index (χ2v) is 8.64. The van der Waals surface area contributed by atoms with Gasteiger partial charge in [-0.1, -0.05) is 61.0 Å². The van der Waals surface area contributed by atoms with Crippen LogP contribution in [0.15, 0.2) is 54.6 Å². The summed E-state index contributed by atoms with van der Waals surface area (Å²) in [6.45, 7) is 2.59. The summed E-state index contributed by atoms with van der Waals surface area (Å²) in [6, 6.07) is 18.3. The highest BCUT2D eigenvalue weighted by Gasteiger charge is 2.47. The molecule has 0 aliphatic heterocycles. The lowest BCUT2D eigenvalue weighted by molar-refractivity contribution is -0.129. The van der Waals surface area contributed by atoms with E-state index in [1.165, 1.54) is 0 Å². The second kappa shape index (κ2) is 10.3. The highest BCUT2D eigenvalue weighted by Crippen LogP contribution is 2.40. The molecule has 0 heterocycles. The van der Waals surface area contributed by atoms with Crippen LogP contribution in [-0.4, -0.2) is 33.3 Å². The molecule has 1 fully saturated rings. The van der Waals surface area contributed by atoms with Crippen molar-refractivity contribution in [2.75, 3.05) is 13.1 Å². The van der Waals surface area contributed by atoms with E-state index < -0.39 is 16.8 Å². The molecule has 0 bridgehead atoms. The molecule has 3 rings (SSSR count). The number of hydrogen-bond acceptors (Lipinski definition) is 4. The van der Waals surface area contributed by atoms with Crippen molar-refractivity contribution < 1.29 is 13.6 Å². The monoisotopic (exact) mass is 428 g/mol. The lowest BCUT2D eigenvalue weighted by Crippen LogP contribution is -2.62. The Balaban J connectivity index is 1.96. The number of carbonyl (C=O) groups is 1. The van der Waals surface area contributed by atoms with Gasteiger partial charge in [-0.3, -0.25) is 9.00 Å². The minimum atomic E-state index is -2.46. The average Bonchev–Trinajstić information content (AvgIpc) is 2.75. The number of rotatable bonds is 8. The first-order valence-electron chi connectivity index (χ1n) is 10.5. The molecule has 0 radical (unpaired) electrons. The van der Waals surface area contributed by atoms with E-state index in [1.807, 2.05) is 37.3 Å². The van der Waals surface area contributed by atoms with Gasteiger partial charge in [0, 0.05) is 35.8 Å². The first-order chi connectivity index (χ1) is 14.5. The van der Waals surface area contributed by atoms with Gasteiger partial charge in [-0.2, -0.15) is 0 Å². The lowest BCUT2D eigenvalue weighted by Gasteiger charge is -2.48. The summed E-state index contributed by atoms with van der Waals surface area (Å²) in [5.74, 6) is -0.553. The van der Waals surface area contributed by atoms with E-state index in [0.717, 1.165) is 29.5 Å². The molecule has 2 aromatic rings. The standard InChI is InChI=1S/C23H31N3O3S/c1-2-25-22(27)20-12-7-13-23(16-24,26-30(28)29)21(20)15-17-8-6-11-19(14-17)18-9-4-3-5-10-18/h3-6,8-11,14,20-21,26H,2,7,12-13,15-16,24H2,1H3,(H,25,27)(H,28,29)/p-1. The van der Waals surface area contributed by atoms with E-state index >= 15 is 0 Å². The van der Waals surface area contributed by atoms with Crippen LogP contribution >= 0.6 is 0 Å². The maximum absolute atomic E-state index is 12.8. The molecule has 1 aliphatic carbocycles. The third-order valence-electron chi connectivity index (χ3n) is 6.16. The van der Waals surface area contributed by atoms with Crippen molar-refractivity contribution in [3.63, 3.8) is 0 Å². The van der Waals surface area contributed by atoms with Gasteiger partial charge in [-0.05, 0) is 48.8 Å². The van der Waals surface area contributed by atoms with Crippen LogP contribution in [0.25, 0.3) is 11.1 Å². The highest BCUT2D eigenvalue weighted by atomic mass is 32.2. The molecule has 7 heteroatoms. The third kappa shape index (κ3) is 5.16. The van der Waals surface area contributed by atoms with E-state index in [1.54, 1.807) is 0 Å². The SMILES string of the molecule is CCNC(=O)C1CCCC(CN)(NS(=O)[O-])C1Cc1cccc(-c2ccccc2)c1. The number of hydrogen-bond donors (Lipinski definition) is 3. The van der Waals surface area contributed by atoms with Crippen molar-refractivity contribution in [1.29, 1.82) is 0 Å². The Labute approximate surface area is 181 Å². The molecule has 0 aromatic heterocycles. The Hall–Kier alpha value is -2.06. The minimum absolute atomic E-state index is 0.0299.